The van der Waals surface area contributed by atoms with Crippen molar-refractivity contribution in [3.8, 4) is 5.75 Å². The average Bonchev–Trinajstić information content (AvgIpc) is 2.48. The zero-order valence-corrected chi connectivity index (χ0v) is 12.3. The summed E-state index contributed by atoms with van der Waals surface area (Å²) in [6, 6.07) is 11.8. The summed E-state index contributed by atoms with van der Waals surface area (Å²) >= 11 is 1.46. The Kier molecular flexibility index (Phi) is 5.22. The van der Waals surface area contributed by atoms with Crippen molar-refractivity contribution in [3.05, 3.63) is 59.4 Å². The van der Waals surface area contributed by atoms with E-state index in [-0.39, 0.29) is 5.56 Å². The van der Waals surface area contributed by atoms with Gasteiger partial charge in [-0.05, 0) is 42.8 Å². The van der Waals surface area contributed by atoms with Crippen LogP contribution in [0.25, 0.3) is 0 Å². The molecule has 2 aromatic rings. The van der Waals surface area contributed by atoms with E-state index < -0.39 is 11.8 Å². The molecule has 110 valence electrons. The van der Waals surface area contributed by atoms with Crippen LogP contribution in [0.1, 0.15) is 22.8 Å². The van der Waals surface area contributed by atoms with Crippen molar-refractivity contribution in [1.29, 1.82) is 0 Å². The van der Waals surface area contributed by atoms with Crippen LogP contribution in [0.3, 0.4) is 0 Å². The van der Waals surface area contributed by atoms with Crippen LogP contribution in [-0.2, 0) is 5.75 Å². The van der Waals surface area contributed by atoms with Gasteiger partial charge in [-0.3, -0.25) is 0 Å². The maximum absolute atomic E-state index is 13.3. The molecule has 0 aliphatic carbocycles. The van der Waals surface area contributed by atoms with Crippen molar-refractivity contribution >= 4 is 17.7 Å². The first-order valence-corrected chi connectivity index (χ1v) is 7.46. The van der Waals surface area contributed by atoms with Gasteiger partial charge in [0.1, 0.15) is 11.6 Å². The second kappa shape index (κ2) is 7.13. The Morgan fingerprint density at radius 1 is 1.24 bits per heavy atom. The Morgan fingerprint density at radius 3 is 2.57 bits per heavy atom. The first-order chi connectivity index (χ1) is 10.1. The Labute approximate surface area is 126 Å². The van der Waals surface area contributed by atoms with E-state index in [4.69, 9.17) is 9.84 Å². The third kappa shape index (κ3) is 4.23. The standard InChI is InChI=1S/C16H15FO3S/c1-2-20-12-5-3-11(4-6-12)10-21-13-7-8-15(17)14(9-13)16(18)19/h3-9H,2,10H2,1H3,(H,18,19). The number of carbonyl (C=O) groups is 1. The summed E-state index contributed by atoms with van der Waals surface area (Å²) < 4.78 is 18.7. The third-order valence-corrected chi connectivity index (χ3v) is 3.87. The SMILES string of the molecule is CCOc1ccc(CSc2ccc(F)c(C(=O)O)c2)cc1. The first kappa shape index (κ1) is 15.4. The van der Waals surface area contributed by atoms with Gasteiger partial charge in [-0.2, -0.15) is 0 Å². The van der Waals surface area contributed by atoms with Crippen LogP contribution in [0.15, 0.2) is 47.4 Å². The Bertz CT molecular complexity index is 626. The predicted molar refractivity (Wildman–Crippen MR) is 80.5 cm³/mol. The topological polar surface area (TPSA) is 46.5 Å². The molecule has 3 nitrogen and oxygen atoms in total. The van der Waals surface area contributed by atoms with Gasteiger partial charge >= 0.3 is 5.97 Å². The van der Waals surface area contributed by atoms with Gasteiger partial charge in [0.2, 0.25) is 0 Å². The summed E-state index contributed by atoms with van der Waals surface area (Å²) in [5.74, 6) is -0.470. The van der Waals surface area contributed by atoms with Crippen molar-refractivity contribution in [3.63, 3.8) is 0 Å². The van der Waals surface area contributed by atoms with E-state index >= 15 is 0 Å². The number of hydrogen-bond donors (Lipinski definition) is 1. The molecule has 2 aromatic carbocycles. The Balaban J connectivity index is 2.02. The van der Waals surface area contributed by atoms with Gasteiger partial charge in [0.25, 0.3) is 0 Å². The van der Waals surface area contributed by atoms with E-state index in [1.54, 1.807) is 6.07 Å². The van der Waals surface area contributed by atoms with Gasteiger partial charge in [0.05, 0.1) is 12.2 Å². The minimum Gasteiger partial charge on any atom is -0.494 e. The molecule has 0 fully saturated rings. The van der Waals surface area contributed by atoms with E-state index in [9.17, 15) is 9.18 Å². The number of carboxylic acid groups (broad SMARTS) is 1. The number of carboxylic acids is 1. The molecule has 0 amide bonds. The molecule has 5 heteroatoms. The molecule has 2 rings (SSSR count). The van der Waals surface area contributed by atoms with Crippen LogP contribution in [0.2, 0.25) is 0 Å². The van der Waals surface area contributed by atoms with E-state index in [0.717, 1.165) is 16.2 Å². The number of rotatable bonds is 6. The van der Waals surface area contributed by atoms with Gasteiger partial charge in [-0.1, -0.05) is 12.1 Å². The molecule has 0 radical (unpaired) electrons. The van der Waals surface area contributed by atoms with Crippen molar-refractivity contribution in [2.45, 2.75) is 17.6 Å². The number of hydrogen-bond acceptors (Lipinski definition) is 3. The molecular formula is C16H15FO3S. The van der Waals surface area contributed by atoms with Crippen LogP contribution in [0, 0.1) is 5.82 Å². The first-order valence-electron chi connectivity index (χ1n) is 6.47. The lowest BCUT2D eigenvalue weighted by Gasteiger charge is -2.06. The normalized spacial score (nSPS) is 10.4. The van der Waals surface area contributed by atoms with Gasteiger partial charge in [0.15, 0.2) is 0 Å². The van der Waals surface area contributed by atoms with Crippen molar-refractivity contribution in [1.82, 2.24) is 0 Å². The van der Waals surface area contributed by atoms with Crippen molar-refractivity contribution < 1.29 is 19.0 Å². The molecular weight excluding hydrogens is 291 g/mol. The number of ether oxygens (including phenoxy) is 1. The Hall–Kier alpha value is -2.01. The molecule has 1 N–H and O–H groups in total. The minimum absolute atomic E-state index is 0.299. The average molecular weight is 306 g/mol. The lowest BCUT2D eigenvalue weighted by Crippen LogP contribution is -2.00. The minimum atomic E-state index is -1.25. The summed E-state index contributed by atoms with van der Waals surface area (Å²) in [5, 5.41) is 8.89. The highest BCUT2D eigenvalue weighted by atomic mass is 32.2. The molecule has 0 atom stereocenters. The lowest BCUT2D eigenvalue weighted by molar-refractivity contribution is 0.0691. The van der Waals surface area contributed by atoms with Gasteiger partial charge < -0.3 is 9.84 Å². The quantitative estimate of drug-likeness (QED) is 0.812. The smallest absolute Gasteiger partial charge is 0.338 e. The van der Waals surface area contributed by atoms with Crippen LogP contribution in [0.5, 0.6) is 5.75 Å². The summed E-state index contributed by atoms with van der Waals surface area (Å²) in [4.78, 5) is 11.6. The van der Waals surface area contributed by atoms with Crippen LogP contribution < -0.4 is 4.74 Å². The van der Waals surface area contributed by atoms with Crippen LogP contribution in [-0.4, -0.2) is 17.7 Å². The Morgan fingerprint density at radius 2 is 1.95 bits per heavy atom. The van der Waals surface area contributed by atoms with Crippen LogP contribution >= 0.6 is 11.8 Å². The van der Waals surface area contributed by atoms with E-state index in [2.05, 4.69) is 0 Å². The van der Waals surface area contributed by atoms with Gasteiger partial charge in [-0.25, -0.2) is 9.18 Å². The molecule has 0 spiro atoms. The third-order valence-electron chi connectivity index (χ3n) is 2.81. The molecule has 0 saturated heterocycles. The lowest BCUT2D eigenvalue weighted by atomic mass is 10.2. The second-order valence-electron chi connectivity index (χ2n) is 4.31. The molecule has 0 heterocycles. The molecule has 0 bridgehead atoms. The molecule has 0 aliphatic rings. The molecule has 0 saturated carbocycles. The van der Waals surface area contributed by atoms with E-state index in [1.807, 2.05) is 31.2 Å². The fourth-order valence-electron chi connectivity index (χ4n) is 1.77. The van der Waals surface area contributed by atoms with E-state index in [0.29, 0.717) is 12.4 Å². The maximum Gasteiger partial charge on any atom is 0.338 e. The summed E-state index contributed by atoms with van der Waals surface area (Å²) in [5.41, 5.74) is 0.788. The summed E-state index contributed by atoms with van der Waals surface area (Å²) in [6.45, 7) is 2.56. The highest BCUT2D eigenvalue weighted by Gasteiger charge is 2.11. The number of halogens is 1. The maximum atomic E-state index is 13.3. The van der Waals surface area contributed by atoms with Gasteiger partial charge in [0, 0.05) is 10.6 Å². The highest BCUT2D eigenvalue weighted by molar-refractivity contribution is 7.98. The largest absolute Gasteiger partial charge is 0.494 e. The highest BCUT2D eigenvalue weighted by Crippen LogP contribution is 2.25. The molecule has 21 heavy (non-hydrogen) atoms. The van der Waals surface area contributed by atoms with Gasteiger partial charge in [-0.15, -0.1) is 11.8 Å². The zero-order chi connectivity index (χ0) is 15.2. The number of benzene rings is 2. The summed E-state index contributed by atoms with van der Waals surface area (Å²) in [6.07, 6.45) is 0. The van der Waals surface area contributed by atoms with Crippen molar-refractivity contribution in [2.24, 2.45) is 0 Å². The summed E-state index contributed by atoms with van der Waals surface area (Å²) in [7, 11) is 0. The molecule has 0 unspecified atom stereocenters. The fraction of sp³-hybridized carbons (Fsp3) is 0.188. The van der Waals surface area contributed by atoms with E-state index in [1.165, 1.54) is 23.9 Å². The monoisotopic (exact) mass is 306 g/mol. The molecule has 0 aromatic heterocycles. The number of aromatic carboxylic acids is 1. The zero-order valence-electron chi connectivity index (χ0n) is 11.5. The predicted octanol–water partition coefficient (Wildman–Crippen LogP) is 4.21. The fourth-order valence-corrected chi connectivity index (χ4v) is 2.66. The second-order valence-corrected chi connectivity index (χ2v) is 5.36. The molecule has 0 aliphatic heterocycles. The van der Waals surface area contributed by atoms with Crippen LogP contribution in [0.4, 0.5) is 4.39 Å². The number of thioether (sulfide) groups is 1. The van der Waals surface area contributed by atoms with Crippen molar-refractivity contribution in [2.75, 3.05) is 6.61 Å².